The van der Waals surface area contributed by atoms with Crippen LogP contribution in [0.15, 0.2) is 48.5 Å². The van der Waals surface area contributed by atoms with Gasteiger partial charge in [0.15, 0.2) is 0 Å². The number of carbonyl (C=O) groups excluding carboxylic acids is 1. The van der Waals surface area contributed by atoms with Crippen molar-refractivity contribution in [3.8, 4) is 5.75 Å². The van der Waals surface area contributed by atoms with Gasteiger partial charge in [-0.2, -0.15) is 0 Å². The number of nitrogens with one attached hydrogen (secondary N) is 2. The van der Waals surface area contributed by atoms with E-state index < -0.39 is 0 Å². The first-order valence-electron chi connectivity index (χ1n) is 8.68. The standard InChI is InChI=1S/C20H21FN2O2.ClH/c21-17-4-2-1-3-15(17)13-25-16-7-5-14(6-8-16)18-9-10-20(23-18)11-12-22-19(20)24;/h1-8,18,23H,9-13H2,(H,22,24);1H/t18-,20+;/m1./s1. The van der Waals surface area contributed by atoms with Crippen LogP contribution in [0.5, 0.6) is 5.75 Å². The van der Waals surface area contributed by atoms with Gasteiger partial charge in [-0.1, -0.05) is 30.3 Å². The Kier molecular flexibility index (Phi) is 5.49. The Morgan fingerprint density at radius 2 is 1.88 bits per heavy atom. The van der Waals surface area contributed by atoms with Crippen molar-refractivity contribution in [1.82, 2.24) is 10.6 Å². The van der Waals surface area contributed by atoms with E-state index in [1.54, 1.807) is 18.2 Å². The van der Waals surface area contributed by atoms with Crippen molar-refractivity contribution in [3.05, 3.63) is 65.5 Å². The fourth-order valence-corrected chi connectivity index (χ4v) is 3.74. The Labute approximate surface area is 158 Å². The maximum Gasteiger partial charge on any atom is 0.240 e. The van der Waals surface area contributed by atoms with Gasteiger partial charge >= 0.3 is 0 Å². The van der Waals surface area contributed by atoms with Gasteiger partial charge in [-0.25, -0.2) is 4.39 Å². The van der Waals surface area contributed by atoms with Gasteiger partial charge < -0.3 is 10.1 Å². The molecule has 1 amide bonds. The second-order valence-electron chi connectivity index (χ2n) is 6.77. The number of carbonyl (C=O) groups is 1. The number of rotatable bonds is 4. The molecule has 2 fully saturated rings. The number of ether oxygens (including phenoxy) is 1. The monoisotopic (exact) mass is 376 g/mol. The maximum atomic E-state index is 13.6. The molecule has 0 bridgehead atoms. The van der Waals surface area contributed by atoms with Crippen LogP contribution in [0.25, 0.3) is 0 Å². The van der Waals surface area contributed by atoms with Gasteiger partial charge in [0.2, 0.25) is 5.91 Å². The predicted octanol–water partition coefficient (Wildman–Crippen LogP) is 3.51. The van der Waals surface area contributed by atoms with E-state index in [9.17, 15) is 9.18 Å². The second-order valence-corrected chi connectivity index (χ2v) is 6.77. The Bertz CT molecular complexity index is 784. The topological polar surface area (TPSA) is 50.4 Å². The predicted molar refractivity (Wildman–Crippen MR) is 99.9 cm³/mol. The molecule has 2 aromatic carbocycles. The van der Waals surface area contributed by atoms with Crippen molar-refractivity contribution in [2.45, 2.75) is 37.5 Å². The van der Waals surface area contributed by atoms with E-state index in [2.05, 4.69) is 10.6 Å². The van der Waals surface area contributed by atoms with Crippen molar-refractivity contribution in [3.63, 3.8) is 0 Å². The van der Waals surface area contributed by atoms with Crippen molar-refractivity contribution in [2.75, 3.05) is 6.54 Å². The molecule has 2 N–H and O–H groups in total. The number of halogens is 2. The van der Waals surface area contributed by atoms with Gasteiger partial charge in [-0.15, -0.1) is 12.4 Å². The summed E-state index contributed by atoms with van der Waals surface area (Å²) in [4.78, 5) is 12.1. The molecule has 2 atom stereocenters. The Hall–Kier alpha value is -2.11. The van der Waals surface area contributed by atoms with E-state index >= 15 is 0 Å². The molecule has 2 aromatic rings. The lowest BCUT2D eigenvalue weighted by atomic mass is 9.96. The number of benzene rings is 2. The van der Waals surface area contributed by atoms with Gasteiger partial charge in [0.1, 0.15) is 23.7 Å². The van der Waals surface area contributed by atoms with Crippen molar-refractivity contribution < 1.29 is 13.9 Å². The quantitative estimate of drug-likeness (QED) is 0.858. The summed E-state index contributed by atoms with van der Waals surface area (Å²) in [5.74, 6) is 0.576. The number of hydrogen-bond donors (Lipinski definition) is 2. The Morgan fingerprint density at radius 3 is 2.58 bits per heavy atom. The van der Waals surface area contributed by atoms with Gasteiger partial charge in [-0.05, 0) is 43.0 Å². The lowest BCUT2D eigenvalue weighted by Gasteiger charge is -2.22. The van der Waals surface area contributed by atoms with Crippen LogP contribution in [-0.2, 0) is 11.4 Å². The molecule has 6 heteroatoms. The molecule has 138 valence electrons. The summed E-state index contributed by atoms with van der Waals surface area (Å²) in [5.41, 5.74) is 1.30. The summed E-state index contributed by atoms with van der Waals surface area (Å²) < 4.78 is 19.3. The number of hydrogen-bond acceptors (Lipinski definition) is 3. The van der Waals surface area contributed by atoms with Crippen LogP contribution in [0.4, 0.5) is 4.39 Å². The van der Waals surface area contributed by atoms with Crippen molar-refractivity contribution >= 4 is 18.3 Å². The second kappa shape index (κ2) is 7.64. The molecule has 2 aliphatic rings. The molecule has 2 saturated heterocycles. The van der Waals surface area contributed by atoms with E-state index in [1.165, 1.54) is 6.07 Å². The molecule has 0 unspecified atom stereocenters. The summed E-state index contributed by atoms with van der Waals surface area (Å²) in [6, 6.07) is 14.6. The molecular formula is C20H22ClFN2O2. The normalized spacial score (nSPS) is 24.3. The Morgan fingerprint density at radius 1 is 1.12 bits per heavy atom. The van der Waals surface area contributed by atoms with E-state index in [-0.39, 0.29) is 42.3 Å². The third-order valence-electron chi connectivity index (χ3n) is 5.22. The van der Waals surface area contributed by atoms with Crippen LogP contribution in [0, 0.1) is 5.82 Å². The highest BCUT2D eigenvalue weighted by atomic mass is 35.5. The van der Waals surface area contributed by atoms with E-state index in [0.29, 0.717) is 11.3 Å². The molecular weight excluding hydrogens is 355 g/mol. The molecule has 4 nitrogen and oxygen atoms in total. The summed E-state index contributed by atoms with van der Waals surface area (Å²) in [6.07, 6.45) is 2.67. The fraction of sp³-hybridized carbons (Fsp3) is 0.350. The summed E-state index contributed by atoms with van der Waals surface area (Å²) in [7, 11) is 0. The minimum atomic E-state index is -0.384. The molecule has 0 radical (unpaired) electrons. The zero-order chi connectivity index (χ0) is 17.3. The third-order valence-corrected chi connectivity index (χ3v) is 5.22. The molecule has 1 spiro atoms. The first-order chi connectivity index (χ1) is 12.2. The van der Waals surface area contributed by atoms with E-state index in [1.807, 2.05) is 24.3 Å². The average Bonchev–Trinajstić information content (AvgIpc) is 3.22. The zero-order valence-electron chi connectivity index (χ0n) is 14.3. The molecule has 0 aliphatic carbocycles. The zero-order valence-corrected chi connectivity index (χ0v) is 15.2. The largest absolute Gasteiger partial charge is 0.489 e. The highest BCUT2D eigenvalue weighted by Crippen LogP contribution is 2.37. The van der Waals surface area contributed by atoms with Crippen LogP contribution >= 0.6 is 12.4 Å². The maximum absolute atomic E-state index is 13.6. The van der Waals surface area contributed by atoms with E-state index in [0.717, 1.165) is 31.4 Å². The Balaban J connectivity index is 0.00000196. The number of amides is 1. The smallest absolute Gasteiger partial charge is 0.240 e. The SMILES string of the molecule is Cl.O=C1NCC[C@@]12CC[C@H](c1ccc(OCc3ccccc3F)cc1)N2. The lowest BCUT2D eigenvalue weighted by molar-refractivity contribution is -0.124. The van der Waals surface area contributed by atoms with E-state index in [4.69, 9.17) is 4.74 Å². The molecule has 2 heterocycles. The average molecular weight is 377 g/mol. The van der Waals surface area contributed by atoms with Crippen LogP contribution in [-0.4, -0.2) is 18.0 Å². The first kappa shape index (κ1) is 18.7. The minimum Gasteiger partial charge on any atom is -0.489 e. The third kappa shape index (κ3) is 3.55. The highest BCUT2D eigenvalue weighted by molar-refractivity contribution is 5.88. The van der Waals surface area contributed by atoms with Gasteiger partial charge in [0.05, 0.1) is 0 Å². The summed E-state index contributed by atoms with van der Waals surface area (Å²) in [5, 5.41) is 6.43. The molecule has 0 saturated carbocycles. The van der Waals surface area contributed by atoms with Crippen molar-refractivity contribution in [1.29, 1.82) is 0 Å². The summed E-state index contributed by atoms with van der Waals surface area (Å²) in [6.45, 7) is 0.957. The summed E-state index contributed by atoms with van der Waals surface area (Å²) >= 11 is 0. The van der Waals surface area contributed by atoms with Crippen LogP contribution < -0.4 is 15.4 Å². The van der Waals surface area contributed by atoms with Gasteiger partial charge in [0, 0.05) is 18.2 Å². The first-order valence-corrected chi connectivity index (χ1v) is 8.68. The van der Waals surface area contributed by atoms with Gasteiger partial charge in [-0.3, -0.25) is 10.1 Å². The minimum absolute atomic E-state index is 0. The molecule has 0 aromatic heterocycles. The van der Waals surface area contributed by atoms with Crippen LogP contribution in [0.2, 0.25) is 0 Å². The fourth-order valence-electron chi connectivity index (χ4n) is 3.74. The van der Waals surface area contributed by atoms with Crippen LogP contribution in [0.3, 0.4) is 0 Å². The molecule has 4 rings (SSSR count). The lowest BCUT2D eigenvalue weighted by Crippen LogP contribution is -2.47. The van der Waals surface area contributed by atoms with Crippen LogP contribution in [0.1, 0.15) is 36.4 Å². The highest BCUT2D eigenvalue weighted by Gasteiger charge is 2.47. The van der Waals surface area contributed by atoms with Crippen molar-refractivity contribution in [2.24, 2.45) is 0 Å². The molecule has 2 aliphatic heterocycles. The van der Waals surface area contributed by atoms with Gasteiger partial charge in [0.25, 0.3) is 0 Å². The molecule has 26 heavy (non-hydrogen) atoms.